The van der Waals surface area contributed by atoms with Crippen LogP contribution < -0.4 is 5.73 Å². The minimum atomic E-state index is 0.309. The van der Waals surface area contributed by atoms with Crippen LogP contribution in [0.4, 0.5) is 5.69 Å². The Morgan fingerprint density at radius 1 is 1.24 bits per heavy atom. The first-order valence-electron chi connectivity index (χ1n) is 7.07. The van der Waals surface area contributed by atoms with Crippen LogP contribution in [-0.2, 0) is 6.54 Å². The van der Waals surface area contributed by atoms with Crippen LogP contribution in [0.5, 0.6) is 0 Å². The smallest absolute Gasteiger partial charge is 0.183 e. The molecule has 0 bridgehead atoms. The van der Waals surface area contributed by atoms with E-state index in [0.717, 1.165) is 22.4 Å². The summed E-state index contributed by atoms with van der Waals surface area (Å²) in [5, 5.41) is 12.2. The summed E-state index contributed by atoms with van der Waals surface area (Å²) in [4.78, 5) is 0. The molecule has 1 aliphatic rings. The number of nitrogens with two attached hydrogens (primary N) is 1. The van der Waals surface area contributed by atoms with Crippen LogP contribution in [0.3, 0.4) is 0 Å². The molecule has 1 aliphatic carbocycles. The van der Waals surface area contributed by atoms with Crippen LogP contribution in [0.1, 0.15) is 27.7 Å². The average Bonchev–Trinajstić information content (AvgIpc) is 2.77. The maximum atomic E-state index is 5.95. The van der Waals surface area contributed by atoms with Gasteiger partial charge in [-0.2, -0.15) is 0 Å². The Labute approximate surface area is 133 Å². The number of nitrogens with zero attached hydrogens (tertiary/aromatic N) is 4. The number of nitrogen functional groups attached to an aromatic ring is 1. The summed E-state index contributed by atoms with van der Waals surface area (Å²) in [6.07, 6.45) is 0. The molecule has 1 aromatic heterocycles. The number of benzene rings is 1. The third-order valence-corrected chi connectivity index (χ3v) is 6.36. The predicted octanol–water partition coefficient (Wildman–Crippen LogP) is 3.37. The molecule has 1 saturated carbocycles. The Bertz CT molecular complexity index is 675. The molecule has 0 amide bonds. The molecular weight excluding hydrogens is 330 g/mol. The number of anilines is 1. The molecule has 0 aliphatic heterocycles. The van der Waals surface area contributed by atoms with Crippen molar-refractivity contribution in [3.05, 3.63) is 22.7 Å². The van der Waals surface area contributed by atoms with E-state index in [9.17, 15) is 0 Å². The molecule has 0 radical (unpaired) electrons. The van der Waals surface area contributed by atoms with Crippen molar-refractivity contribution in [3.63, 3.8) is 0 Å². The third-order valence-electron chi connectivity index (χ3n) is 5.48. The average molecular weight is 350 g/mol. The summed E-state index contributed by atoms with van der Waals surface area (Å²) < 4.78 is 2.73. The number of hydrogen-bond donors (Lipinski definition) is 1. The molecule has 6 heteroatoms. The van der Waals surface area contributed by atoms with Gasteiger partial charge in [-0.05, 0) is 55.2 Å². The predicted molar refractivity (Wildman–Crippen MR) is 86.4 cm³/mol. The zero-order chi connectivity index (χ0) is 15.4. The van der Waals surface area contributed by atoms with E-state index < -0.39 is 0 Å². The van der Waals surface area contributed by atoms with Gasteiger partial charge >= 0.3 is 0 Å². The van der Waals surface area contributed by atoms with Gasteiger partial charge in [-0.3, -0.25) is 0 Å². The molecule has 5 nitrogen and oxygen atoms in total. The fourth-order valence-electron chi connectivity index (χ4n) is 3.21. The Balaban J connectivity index is 1.94. The Hall–Kier alpha value is -1.43. The molecule has 2 N–H and O–H groups in total. The van der Waals surface area contributed by atoms with E-state index in [1.165, 1.54) is 0 Å². The zero-order valence-electron chi connectivity index (χ0n) is 12.8. The fraction of sp³-hybridized carbons (Fsp3) is 0.533. The van der Waals surface area contributed by atoms with Crippen molar-refractivity contribution < 1.29 is 0 Å². The lowest BCUT2D eigenvalue weighted by Crippen LogP contribution is -2.08. The van der Waals surface area contributed by atoms with Crippen LogP contribution in [0.25, 0.3) is 11.4 Å². The fourth-order valence-corrected chi connectivity index (χ4v) is 3.65. The van der Waals surface area contributed by atoms with Crippen molar-refractivity contribution in [1.82, 2.24) is 20.2 Å². The Morgan fingerprint density at radius 2 is 1.90 bits per heavy atom. The van der Waals surface area contributed by atoms with Crippen molar-refractivity contribution in [2.45, 2.75) is 34.2 Å². The van der Waals surface area contributed by atoms with Gasteiger partial charge < -0.3 is 5.73 Å². The normalized spacial score (nSPS) is 19.7. The highest BCUT2D eigenvalue weighted by Gasteiger charge is 2.64. The van der Waals surface area contributed by atoms with E-state index >= 15 is 0 Å². The van der Waals surface area contributed by atoms with E-state index in [-0.39, 0.29) is 0 Å². The van der Waals surface area contributed by atoms with Crippen LogP contribution in [0.15, 0.2) is 22.7 Å². The monoisotopic (exact) mass is 349 g/mol. The SMILES string of the molecule is CC1(C)C(Cn2nnnc2-c2cccc(N)c2Br)C1(C)C. The highest BCUT2D eigenvalue weighted by molar-refractivity contribution is 9.10. The molecule has 0 unspecified atom stereocenters. The van der Waals surface area contributed by atoms with Crippen molar-refractivity contribution in [3.8, 4) is 11.4 Å². The van der Waals surface area contributed by atoms with Crippen molar-refractivity contribution in [2.24, 2.45) is 16.7 Å². The molecule has 21 heavy (non-hydrogen) atoms. The Morgan fingerprint density at radius 3 is 2.52 bits per heavy atom. The second-order valence-corrected chi connectivity index (χ2v) is 7.68. The first-order chi connectivity index (χ1) is 9.76. The van der Waals surface area contributed by atoms with Crippen LogP contribution in [-0.4, -0.2) is 20.2 Å². The summed E-state index contributed by atoms with van der Waals surface area (Å²) in [5.41, 5.74) is 8.19. The van der Waals surface area contributed by atoms with Gasteiger partial charge in [-0.1, -0.05) is 33.8 Å². The molecule has 0 spiro atoms. The maximum Gasteiger partial charge on any atom is 0.183 e. The van der Waals surface area contributed by atoms with Crippen LogP contribution in [0, 0.1) is 16.7 Å². The van der Waals surface area contributed by atoms with Crippen LogP contribution in [0.2, 0.25) is 0 Å². The molecule has 1 heterocycles. The van der Waals surface area contributed by atoms with E-state index in [1.54, 1.807) is 0 Å². The summed E-state index contributed by atoms with van der Waals surface area (Å²) >= 11 is 3.53. The summed E-state index contributed by atoms with van der Waals surface area (Å²) in [7, 11) is 0. The lowest BCUT2D eigenvalue weighted by Gasteiger charge is -2.08. The zero-order valence-corrected chi connectivity index (χ0v) is 14.3. The van der Waals surface area contributed by atoms with Crippen molar-refractivity contribution in [2.75, 3.05) is 5.73 Å². The quantitative estimate of drug-likeness (QED) is 0.862. The topological polar surface area (TPSA) is 69.6 Å². The van der Waals surface area contributed by atoms with E-state index in [1.807, 2.05) is 22.9 Å². The molecule has 1 fully saturated rings. The minimum absolute atomic E-state index is 0.309. The van der Waals surface area contributed by atoms with Gasteiger partial charge in [0.15, 0.2) is 5.82 Å². The van der Waals surface area contributed by atoms with E-state index in [0.29, 0.717) is 22.4 Å². The maximum absolute atomic E-state index is 5.95. The lowest BCUT2D eigenvalue weighted by molar-refractivity contribution is 0.457. The van der Waals surface area contributed by atoms with Crippen molar-refractivity contribution in [1.29, 1.82) is 0 Å². The van der Waals surface area contributed by atoms with Gasteiger partial charge in [0.2, 0.25) is 0 Å². The van der Waals surface area contributed by atoms with Gasteiger partial charge in [-0.25, -0.2) is 4.68 Å². The molecule has 112 valence electrons. The number of hydrogen-bond acceptors (Lipinski definition) is 4. The number of halogens is 1. The molecule has 2 aromatic rings. The number of rotatable bonds is 3. The minimum Gasteiger partial charge on any atom is -0.398 e. The van der Waals surface area contributed by atoms with Crippen LogP contribution >= 0.6 is 15.9 Å². The summed E-state index contributed by atoms with van der Waals surface area (Å²) in [6.45, 7) is 10.0. The number of aromatic nitrogens is 4. The summed E-state index contributed by atoms with van der Waals surface area (Å²) in [5.74, 6) is 1.32. The van der Waals surface area contributed by atoms with Gasteiger partial charge in [0.25, 0.3) is 0 Å². The summed E-state index contributed by atoms with van der Waals surface area (Å²) in [6, 6.07) is 5.75. The molecule has 3 rings (SSSR count). The molecular formula is C15H20BrN5. The molecule has 0 saturated heterocycles. The highest BCUT2D eigenvalue weighted by atomic mass is 79.9. The van der Waals surface area contributed by atoms with E-state index in [2.05, 4.69) is 59.2 Å². The third kappa shape index (κ3) is 2.08. The first kappa shape index (κ1) is 14.5. The molecule has 1 aromatic carbocycles. The largest absolute Gasteiger partial charge is 0.398 e. The highest BCUT2D eigenvalue weighted by Crippen LogP contribution is 2.68. The van der Waals surface area contributed by atoms with Gasteiger partial charge in [0.05, 0.1) is 4.47 Å². The Kier molecular flexibility index (Phi) is 3.13. The lowest BCUT2D eigenvalue weighted by atomic mass is 10.0. The van der Waals surface area contributed by atoms with Gasteiger partial charge in [0, 0.05) is 17.8 Å². The molecule has 0 atom stereocenters. The van der Waals surface area contributed by atoms with Crippen molar-refractivity contribution >= 4 is 21.6 Å². The second kappa shape index (κ2) is 4.53. The van der Waals surface area contributed by atoms with E-state index in [4.69, 9.17) is 5.73 Å². The standard InChI is InChI=1S/C15H20BrN5/c1-14(2)11(15(14,3)4)8-21-13(18-19-20-21)9-6-5-7-10(17)12(9)16/h5-7,11H,8,17H2,1-4H3. The van der Waals surface area contributed by atoms with Gasteiger partial charge in [0.1, 0.15) is 0 Å². The number of tetrazole rings is 1. The first-order valence-corrected chi connectivity index (χ1v) is 7.86. The second-order valence-electron chi connectivity index (χ2n) is 6.89. The van der Waals surface area contributed by atoms with Gasteiger partial charge in [-0.15, -0.1) is 5.10 Å².